The smallest absolute Gasteiger partial charge is 0.211 e. The molecule has 0 amide bonds. The van der Waals surface area contributed by atoms with Crippen molar-refractivity contribution in [2.45, 2.75) is 39.7 Å². The van der Waals surface area contributed by atoms with Crippen LogP contribution in [0.15, 0.2) is 24.3 Å². The Balaban J connectivity index is 2.24. The second-order valence-electron chi connectivity index (χ2n) is 5.09. The van der Waals surface area contributed by atoms with Crippen molar-refractivity contribution in [2.75, 3.05) is 18.8 Å². The number of hydrogen-bond acceptors (Lipinski definition) is 3. The van der Waals surface area contributed by atoms with Gasteiger partial charge in [0.25, 0.3) is 0 Å². The minimum atomic E-state index is -3.16. The summed E-state index contributed by atoms with van der Waals surface area (Å²) in [5.74, 6) is 0.201. The van der Waals surface area contributed by atoms with E-state index >= 15 is 0 Å². The zero-order valence-corrected chi connectivity index (χ0v) is 13.3. The molecule has 0 saturated heterocycles. The molecule has 0 radical (unpaired) electrons. The van der Waals surface area contributed by atoms with E-state index in [4.69, 9.17) is 0 Å². The number of rotatable bonds is 10. The van der Waals surface area contributed by atoms with Crippen LogP contribution in [0.4, 0.5) is 0 Å². The van der Waals surface area contributed by atoms with Crippen LogP contribution in [0.3, 0.4) is 0 Å². The van der Waals surface area contributed by atoms with Gasteiger partial charge in [0.1, 0.15) is 0 Å². The highest BCUT2D eigenvalue weighted by Gasteiger charge is 2.09. The van der Waals surface area contributed by atoms with Crippen LogP contribution < -0.4 is 10.0 Å². The van der Waals surface area contributed by atoms with Gasteiger partial charge in [-0.05, 0) is 44.8 Å². The molecule has 0 aromatic heterocycles. The Morgan fingerprint density at radius 2 is 1.95 bits per heavy atom. The van der Waals surface area contributed by atoms with Gasteiger partial charge in [0.05, 0.1) is 5.75 Å². The van der Waals surface area contributed by atoms with Crippen LogP contribution >= 0.6 is 0 Å². The van der Waals surface area contributed by atoms with Crippen LogP contribution in [-0.2, 0) is 16.6 Å². The fourth-order valence-corrected chi connectivity index (χ4v) is 3.05. The van der Waals surface area contributed by atoms with E-state index in [0.717, 1.165) is 37.1 Å². The Morgan fingerprint density at radius 1 is 1.15 bits per heavy atom. The van der Waals surface area contributed by atoms with Crippen molar-refractivity contribution in [3.05, 3.63) is 35.4 Å². The molecule has 0 heterocycles. The fourth-order valence-electron chi connectivity index (χ4n) is 1.93. The summed E-state index contributed by atoms with van der Waals surface area (Å²) in [6.45, 7) is 6.38. The zero-order valence-electron chi connectivity index (χ0n) is 12.5. The van der Waals surface area contributed by atoms with Crippen molar-refractivity contribution in [2.24, 2.45) is 0 Å². The summed E-state index contributed by atoms with van der Waals surface area (Å²) in [6.07, 6.45) is 2.70. The van der Waals surface area contributed by atoms with E-state index in [2.05, 4.69) is 17.0 Å². The van der Waals surface area contributed by atoms with Crippen LogP contribution in [0, 0.1) is 6.92 Å². The highest BCUT2D eigenvalue weighted by molar-refractivity contribution is 7.89. The monoisotopic (exact) mass is 298 g/mol. The van der Waals surface area contributed by atoms with Crippen LogP contribution in [0.2, 0.25) is 0 Å². The Hall–Kier alpha value is -0.910. The lowest BCUT2D eigenvalue weighted by Crippen LogP contribution is -2.26. The highest BCUT2D eigenvalue weighted by Crippen LogP contribution is 2.04. The van der Waals surface area contributed by atoms with Crippen LogP contribution in [-0.4, -0.2) is 27.3 Å². The van der Waals surface area contributed by atoms with E-state index < -0.39 is 10.0 Å². The van der Waals surface area contributed by atoms with Gasteiger partial charge >= 0.3 is 0 Å². The van der Waals surface area contributed by atoms with Crippen molar-refractivity contribution < 1.29 is 8.42 Å². The SMILES string of the molecule is CCCNCCCCS(=O)(=O)NCc1cccc(C)c1. The summed E-state index contributed by atoms with van der Waals surface area (Å²) in [7, 11) is -3.16. The van der Waals surface area contributed by atoms with Crippen molar-refractivity contribution in [1.82, 2.24) is 10.0 Å². The van der Waals surface area contributed by atoms with E-state index in [1.165, 1.54) is 0 Å². The second kappa shape index (κ2) is 9.10. The summed E-state index contributed by atoms with van der Waals surface area (Å²) in [4.78, 5) is 0. The summed E-state index contributed by atoms with van der Waals surface area (Å²) >= 11 is 0. The van der Waals surface area contributed by atoms with Gasteiger partial charge in [-0.2, -0.15) is 0 Å². The first-order chi connectivity index (χ1) is 9.53. The molecule has 0 fully saturated rings. The molecule has 0 aliphatic rings. The maximum atomic E-state index is 11.8. The summed E-state index contributed by atoms with van der Waals surface area (Å²) in [6, 6.07) is 7.88. The van der Waals surface area contributed by atoms with Gasteiger partial charge in [0.15, 0.2) is 0 Å². The number of unbranched alkanes of at least 4 members (excludes halogenated alkanes) is 1. The number of nitrogens with one attached hydrogen (secondary N) is 2. The first kappa shape index (κ1) is 17.1. The van der Waals surface area contributed by atoms with Crippen molar-refractivity contribution in [3.63, 3.8) is 0 Å². The molecule has 20 heavy (non-hydrogen) atoms. The normalized spacial score (nSPS) is 11.7. The molecule has 0 unspecified atom stereocenters. The van der Waals surface area contributed by atoms with Gasteiger partial charge in [-0.25, -0.2) is 13.1 Å². The fraction of sp³-hybridized carbons (Fsp3) is 0.600. The third-order valence-corrected chi connectivity index (χ3v) is 4.43. The van der Waals surface area contributed by atoms with Gasteiger partial charge in [-0.1, -0.05) is 36.8 Å². The molecule has 114 valence electrons. The molecule has 1 rings (SSSR count). The molecule has 0 bridgehead atoms. The Labute approximate surface area is 123 Å². The molecule has 5 heteroatoms. The quantitative estimate of drug-likeness (QED) is 0.651. The molecule has 4 nitrogen and oxygen atoms in total. The topological polar surface area (TPSA) is 58.2 Å². The molecule has 0 spiro atoms. The van der Waals surface area contributed by atoms with Crippen LogP contribution in [0.1, 0.15) is 37.3 Å². The largest absolute Gasteiger partial charge is 0.317 e. The average molecular weight is 298 g/mol. The van der Waals surface area contributed by atoms with E-state index in [1.807, 2.05) is 31.2 Å². The molecular formula is C15H26N2O2S. The third kappa shape index (κ3) is 7.62. The maximum absolute atomic E-state index is 11.8. The van der Waals surface area contributed by atoms with Gasteiger partial charge in [0.2, 0.25) is 10.0 Å². The first-order valence-corrected chi connectivity index (χ1v) is 8.92. The minimum absolute atomic E-state index is 0.201. The third-order valence-electron chi connectivity index (χ3n) is 3.02. The van der Waals surface area contributed by atoms with E-state index in [-0.39, 0.29) is 5.75 Å². The predicted molar refractivity (Wildman–Crippen MR) is 84.2 cm³/mol. The lowest BCUT2D eigenvalue weighted by atomic mass is 10.1. The van der Waals surface area contributed by atoms with Crippen molar-refractivity contribution >= 4 is 10.0 Å². The lowest BCUT2D eigenvalue weighted by Gasteiger charge is -2.08. The average Bonchev–Trinajstić information content (AvgIpc) is 2.41. The van der Waals surface area contributed by atoms with Gasteiger partial charge in [-0.15, -0.1) is 0 Å². The molecule has 0 atom stereocenters. The molecule has 0 aliphatic heterocycles. The maximum Gasteiger partial charge on any atom is 0.211 e. The van der Waals surface area contributed by atoms with Gasteiger partial charge < -0.3 is 5.32 Å². The predicted octanol–water partition coefficient (Wildman–Crippen LogP) is 2.19. The molecule has 0 saturated carbocycles. The zero-order chi connectivity index (χ0) is 14.8. The molecule has 1 aromatic rings. The Bertz CT molecular complexity index is 486. The lowest BCUT2D eigenvalue weighted by molar-refractivity contribution is 0.572. The molecule has 0 aliphatic carbocycles. The molecular weight excluding hydrogens is 272 g/mol. The Morgan fingerprint density at radius 3 is 2.65 bits per heavy atom. The number of sulfonamides is 1. The van der Waals surface area contributed by atoms with Crippen LogP contribution in [0.5, 0.6) is 0 Å². The Kier molecular flexibility index (Phi) is 7.80. The van der Waals surface area contributed by atoms with Crippen molar-refractivity contribution in [1.29, 1.82) is 0 Å². The van der Waals surface area contributed by atoms with E-state index in [9.17, 15) is 8.42 Å². The standard InChI is InChI=1S/C15H26N2O2S/c1-3-9-16-10-4-5-11-20(18,19)17-13-15-8-6-7-14(2)12-15/h6-8,12,16-17H,3-5,9-11,13H2,1-2H3. The van der Waals surface area contributed by atoms with E-state index in [0.29, 0.717) is 13.0 Å². The summed E-state index contributed by atoms with van der Waals surface area (Å²) in [5, 5.41) is 3.27. The summed E-state index contributed by atoms with van der Waals surface area (Å²) < 4.78 is 26.3. The summed E-state index contributed by atoms with van der Waals surface area (Å²) in [5.41, 5.74) is 2.14. The number of hydrogen-bond donors (Lipinski definition) is 2. The highest BCUT2D eigenvalue weighted by atomic mass is 32.2. The molecule has 2 N–H and O–H groups in total. The number of benzene rings is 1. The van der Waals surface area contributed by atoms with Crippen molar-refractivity contribution in [3.8, 4) is 0 Å². The number of aryl methyl sites for hydroxylation is 1. The first-order valence-electron chi connectivity index (χ1n) is 7.27. The van der Waals surface area contributed by atoms with Gasteiger partial charge in [-0.3, -0.25) is 0 Å². The van der Waals surface area contributed by atoms with Gasteiger partial charge in [0, 0.05) is 6.54 Å². The molecule has 1 aromatic carbocycles. The minimum Gasteiger partial charge on any atom is -0.317 e. The second-order valence-corrected chi connectivity index (χ2v) is 7.01. The van der Waals surface area contributed by atoms with Crippen LogP contribution in [0.25, 0.3) is 0 Å². The van der Waals surface area contributed by atoms with E-state index in [1.54, 1.807) is 0 Å².